The lowest BCUT2D eigenvalue weighted by Gasteiger charge is -2.04. The van der Waals surface area contributed by atoms with Gasteiger partial charge in [-0.05, 0) is 29.3 Å². The summed E-state index contributed by atoms with van der Waals surface area (Å²) in [4.78, 5) is 11.6. The maximum atomic E-state index is 10.6. The molecular weight excluding hydrogens is 260 g/mol. The van der Waals surface area contributed by atoms with Gasteiger partial charge in [0.05, 0.1) is 6.42 Å². The highest BCUT2D eigenvalue weighted by Gasteiger charge is 2.01. The van der Waals surface area contributed by atoms with E-state index in [-0.39, 0.29) is 12.2 Å². The number of carboxylic acids is 1. The Morgan fingerprint density at radius 1 is 1.05 bits per heavy atom. The molecule has 0 aliphatic carbocycles. The second-order valence-corrected chi connectivity index (χ2v) is 5.22. The molecule has 0 saturated carbocycles. The number of benzene rings is 2. The quantitative estimate of drug-likeness (QED) is 0.821. The van der Waals surface area contributed by atoms with E-state index < -0.39 is 5.97 Å². The van der Waals surface area contributed by atoms with Crippen LogP contribution in [0.2, 0.25) is 0 Å². The molecule has 2 aromatic rings. The maximum absolute atomic E-state index is 10.6. The van der Waals surface area contributed by atoms with Gasteiger partial charge in [-0.25, -0.2) is 0 Å². The minimum Gasteiger partial charge on any atom is -0.508 e. The highest BCUT2D eigenvalue weighted by Crippen LogP contribution is 2.25. The number of aromatic hydroxyl groups is 1. The van der Waals surface area contributed by atoms with Gasteiger partial charge in [0, 0.05) is 10.6 Å². The second-order valence-electron chi connectivity index (χ2n) is 4.17. The molecule has 0 atom stereocenters. The lowest BCUT2D eigenvalue weighted by Crippen LogP contribution is -1.99. The molecule has 0 aliphatic heterocycles. The molecule has 4 heteroatoms. The summed E-state index contributed by atoms with van der Waals surface area (Å²) >= 11 is 1.63. The summed E-state index contributed by atoms with van der Waals surface area (Å²) in [5.41, 5.74) is 1.93. The highest BCUT2D eigenvalue weighted by atomic mass is 32.2. The Morgan fingerprint density at radius 2 is 1.74 bits per heavy atom. The number of phenols is 1. The van der Waals surface area contributed by atoms with E-state index in [9.17, 15) is 9.90 Å². The van der Waals surface area contributed by atoms with E-state index >= 15 is 0 Å². The molecule has 19 heavy (non-hydrogen) atoms. The Morgan fingerprint density at radius 3 is 2.37 bits per heavy atom. The zero-order valence-corrected chi connectivity index (χ0v) is 11.1. The first-order valence-electron chi connectivity index (χ1n) is 5.85. The van der Waals surface area contributed by atoms with Crippen LogP contribution in [-0.2, 0) is 17.0 Å². The summed E-state index contributed by atoms with van der Waals surface area (Å²) in [6.07, 6.45) is 0.0555. The Hall–Kier alpha value is -1.94. The van der Waals surface area contributed by atoms with E-state index in [1.165, 1.54) is 0 Å². The molecule has 98 valence electrons. The number of thioether (sulfide) groups is 1. The van der Waals surface area contributed by atoms with E-state index in [1.54, 1.807) is 23.9 Å². The van der Waals surface area contributed by atoms with Crippen molar-refractivity contribution in [3.8, 4) is 5.75 Å². The molecule has 0 fully saturated rings. The van der Waals surface area contributed by atoms with Crippen molar-refractivity contribution < 1.29 is 15.0 Å². The van der Waals surface area contributed by atoms with Crippen molar-refractivity contribution in [2.24, 2.45) is 0 Å². The number of hydrogen-bond donors (Lipinski definition) is 2. The van der Waals surface area contributed by atoms with Crippen molar-refractivity contribution in [1.82, 2.24) is 0 Å². The number of carbonyl (C=O) groups is 1. The lowest BCUT2D eigenvalue weighted by atomic mass is 10.1. The predicted molar refractivity (Wildman–Crippen MR) is 75.4 cm³/mol. The van der Waals surface area contributed by atoms with Crippen LogP contribution in [0.25, 0.3) is 0 Å². The summed E-state index contributed by atoms with van der Waals surface area (Å²) in [6, 6.07) is 14.7. The van der Waals surface area contributed by atoms with Gasteiger partial charge in [-0.15, -0.1) is 11.8 Å². The van der Waals surface area contributed by atoms with Gasteiger partial charge in [0.25, 0.3) is 0 Å². The highest BCUT2D eigenvalue weighted by molar-refractivity contribution is 7.98. The molecule has 0 amide bonds. The first kappa shape index (κ1) is 13.5. The predicted octanol–water partition coefficient (Wildman–Crippen LogP) is 3.31. The van der Waals surface area contributed by atoms with Crippen LogP contribution in [0.1, 0.15) is 11.1 Å². The van der Waals surface area contributed by atoms with Crippen molar-refractivity contribution in [3.05, 3.63) is 59.7 Å². The number of aliphatic carboxylic acids is 1. The normalized spacial score (nSPS) is 10.3. The van der Waals surface area contributed by atoms with Gasteiger partial charge in [0.2, 0.25) is 0 Å². The third-order valence-corrected chi connectivity index (χ3v) is 3.67. The standard InChI is InChI=1S/C15H14O3S/c16-13-2-1-3-14(9-13)19-10-12-6-4-11(5-7-12)8-15(17)18/h1-7,9,16H,8,10H2,(H,17,18). The first-order chi connectivity index (χ1) is 9.13. The zero-order valence-electron chi connectivity index (χ0n) is 10.2. The van der Waals surface area contributed by atoms with Gasteiger partial charge in [-0.2, -0.15) is 0 Å². The van der Waals surface area contributed by atoms with Crippen LogP contribution in [0.15, 0.2) is 53.4 Å². The Kier molecular flexibility index (Phi) is 4.47. The number of phenolic OH excluding ortho intramolecular Hbond substituents is 1. The summed E-state index contributed by atoms with van der Waals surface area (Å²) in [6.45, 7) is 0. The average Bonchev–Trinajstić information content (AvgIpc) is 2.37. The smallest absolute Gasteiger partial charge is 0.307 e. The van der Waals surface area contributed by atoms with E-state index in [4.69, 9.17) is 5.11 Å². The second kappa shape index (κ2) is 6.29. The minimum absolute atomic E-state index is 0.0555. The van der Waals surface area contributed by atoms with Crippen LogP contribution in [0.4, 0.5) is 0 Å². The molecule has 3 nitrogen and oxygen atoms in total. The van der Waals surface area contributed by atoms with Gasteiger partial charge in [-0.1, -0.05) is 30.3 Å². The molecule has 2 rings (SSSR count). The van der Waals surface area contributed by atoms with E-state index in [0.717, 1.165) is 21.8 Å². The van der Waals surface area contributed by atoms with Gasteiger partial charge in [-0.3, -0.25) is 4.79 Å². The largest absolute Gasteiger partial charge is 0.508 e. The number of carboxylic acid groups (broad SMARTS) is 1. The Bertz CT molecular complexity index is 564. The molecule has 2 aromatic carbocycles. The van der Waals surface area contributed by atoms with Crippen LogP contribution in [0, 0.1) is 0 Å². The molecule has 0 saturated heterocycles. The summed E-state index contributed by atoms with van der Waals surface area (Å²) < 4.78 is 0. The molecule has 0 aliphatic rings. The van der Waals surface area contributed by atoms with Crippen LogP contribution in [0.3, 0.4) is 0 Å². The average molecular weight is 274 g/mol. The van der Waals surface area contributed by atoms with Crippen LogP contribution >= 0.6 is 11.8 Å². The molecular formula is C15H14O3S. The number of hydrogen-bond acceptors (Lipinski definition) is 3. The van der Waals surface area contributed by atoms with E-state index in [2.05, 4.69) is 0 Å². The van der Waals surface area contributed by atoms with Crippen molar-refractivity contribution in [1.29, 1.82) is 0 Å². The van der Waals surface area contributed by atoms with Crippen LogP contribution in [-0.4, -0.2) is 16.2 Å². The topological polar surface area (TPSA) is 57.5 Å². The maximum Gasteiger partial charge on any atom is 0.307 e. The molecule has 0 bridgehead atoms. The molecule has 0 aromatic heterocycles. The van der Waals surface area contributed by atoms with Crippen molar-refractivity contribution in [3.63, 3.8) is 0 Å². The fourth-order valence-corrected chi connectivity index (χ4v) is 2.57. The lowest BCUT2D eigenvalue weighted by molar-refractivity contribution is -0.136. The van der Waals surface area contributed by atoms with Crippen LogP contribution < -0.4 is 0 Å². The molecule has 0 radical (unpaired) electrons. The summed E-state index contributed by atoms with van der Waals surface area (Å²) in [5.74, 6) is 0.236. The van der Waals surface area contributed by atoms with E-state index in [1.807, 2.05) is 36.4 Å². The molecule has 0 spiro atoms. The number of rotatable bonds is 5. The SMILES string of the molecule is O=C(O)Cc1ccc(CSc2cccc(O)c2)cc1. The third kappa shape index (κ3) is 4.34. The Balaban J connectivity index is 1.94. The van der Waals surface area contributed by atoms with Gasteiger partial charge in [0.1, 0.15) is 5.75 Å². The fraction of sp³-hybridized carbons (Fsp3) is 0.133. The molecule has 2 N–H and O–H groups in total. The molecule has 0 unspecified atom stereocenters. The fourth-order valence-electron chi connectivity index (χ4n) is 1.67. The van der Waals surface area contributed by atoms with Gasteiger partial charge in [0.15, 0.2) is 0 Å². The minimum atomic E-state index is -0.818. The van der Waals surface area contributed by atoms with Crippen LogP contribution in [0.5, 0.6) is 5.75 Å². The summed E-state index contributed by atoms with van der Waals surface area (Å²) in [5, 5.41) is 18.0. The van der Waals surface area contributed by atoms with Gasteiger partial charge < -0.3 is 10.2 Å². The summed E-state index contributed by atoms with van der Waals surface area (Å²) in [7, 11) is 0. The Labute approximate surface area is 115 Å². The van der Waals surface area contributed by atoms with Crippen molar-refractivity contribution in [2.45, 2.75) is 17.1 Å². The first-order valence-corrected chi connectivity index (χ1v) is 6.83. The van der Waals surface area contributed by atoms with E-state index in [0.29, 0.717) is 0 Å². The van der Waals surface area contributed by atoms with Gasteiger partial charge >= 0.3 is 5.97 Å². The monoisotopic (exact) mass is 274 g/mol. The van der Waals surface area contributed by atoms with Crippen molar-refractivity contribution >= 4 is 17.7 Å². The van der Waals surface area contributed by atoms with Crippen molar-refractivity contribution in [2.75, 3.05) is 0 Å². The third-order valence-electron chi connectivity index (χ3n) is 2.60. The zero-order chi connectivity index (χ0) is 13.7. The molecule has 0 heterocycles.